The van der Waals surface area contributed by atoms with Gasteiger partial charge in [0.1, 0.15) is 10.7 Å². The van der Waals surface area contributed by atoms with Crippen molar-refractivity contribution in [3.05, 3.63) is 48.2 Å². The van der Waals surface area contributed by atoms with Gasteiger partial charge in [-0.3, -0.25) is 9.78 Å². The van der Waals surface area contributed by atoms with Crippen LogP contribution in [0.5, 0.6) is 0 Å². The zero-order chi connectivity index (χ0) is 15.7. The Morgan fingerprint density at radius 3 is 2.64 bits per heavy atom. The Kier molecular flexibility index (Phi) is 3.66. The summed E-state index contributed by atoms with van der Waals surface area (Å²) < 4.78 is 1.09. The lowest BCUT2D eigenvalue weighted by atomic mass is 10.1. The molecule has 1 N–H and O–H groups in total. The number of nitrogens with one attached hydrogen (secondary N) is 1. The third-order valence-corrected chi connectivity index (χ3v) is 4.08. The second-order valence-electron chi connectivity index (χ2n) is 6.09. The highest BCUT2D eigenvalue weighted by molar-refractivity contribution is 7.21. The fourth-order valence-electron chi connectivity index (χ4n) is 2.14. The van der Waals surface area contributed by atoms with Crippen LogP contribution in [0.4, 0.5) is 0 Å². The molecule has 5 heteroatoms. The lowest BCUT2D eigenvalue weighted by Crippen LogP contribution is -2.40. The van der Waals surface area contributed by atoms with Crippen molar-refractivity contribution in [2.75, 3.05) is 0 Å². The zero-order valence-electron chi connectivity index (χ0n) is 12.8. The van der Waals surface area contributed by atoms with Crippen molar-refractivity contribution in [3.8, 4) is 10.7 Å². The Morgan fingerprint density at radius 1 is 1.14 bits per heavy atom. The van der Waals surface area contributed by atoms with E-state index in [4.69, 9.17) is 0 Å². The van der Waals surface area contributed by atoms with Gasteiger partial charge in [0.25, 0.3) is 5.91 Å². The van der Waals surface area contributed by atoms with Crippen molar-refractivity contribution < 1.29 is 4.79 Å². The van der Waals surface area contributed by atoms with Crippen LogP contribution in [0.1, 0.15) is 31.1 Å². The quantitative estimate of drug-likeness (QED) is 0.781. The van der Waals surface area contributed by atoms with Crippen LogP contribution in [0.15, 0.2) is 42.6 Å². The lowest BCUT2D eigenvalue weighted by Gasteiger charge is -2.21. The van der Waals surface area contributed by atoms with E-state index in [-0.39, 0.29) is 11.4 Å². The molecule has 4 nitrogen and oxygen atoms in total. The topological polar surface area (TPSA) is 54.9 Å². The number of carbonyl (C=O) groups is 1. The summed E-state index contributed by atoms with van der Waals surface area (Å²) in [5, 5.41) is 3.74. The molecule has 1 amide bonds. The minimum absolute atomic E-state index is 0.130. The van der Waals surface area contributed by atoms with Crippen LogP contribution in [0, 0.1) is 0 Å². The van der Waals surface area contributed by atoms with Crippen LogP contribution in [-0.4, -0.2) is 21.4 Å². The Balaban J connectivity index is 2.06. The monoisotopic (exact) mass is 311 g/mol. The van der Waals surface area contributed by atoms with Gasteiger partial charge in [0.15, 0.2) is 0 Å². The van der Waals surface area contributed by atoms with Gasteiger partial charge in [-0.2, -0.15) is 0 Å². The maximum absolute atomic E-state index is 12.5. The van der Waals surface area contributed by atoms with Crippen molar-refractivity contribution >= 4 is 27.5 Å². The van der Waals surface area contributed by atoms with Crippen LogP contribution >= 0.6 is 11.3 Å². The molecule has 0 spiro atoms. The van der Waals surface area contributed by atoms with Gasteiger partial charge in [0.05, 0.1) is 15.8 Å². The molecule has 0 aliphatic rings. The molecule has 2 aromatic heterocycles. The Labute approximate surface area is 133 Å². The van der Waals surface area contributed by atoms with Gasteiger partial charge in [0, 0.05) is 11.7 Å². The first-order valence-electron chi connectivity index (χ1n) is 7.07. The first kappa shape index (κ1) is 14.7. The van der Waals surface area contributed by atoms with E-state index in [9.17, 15) is 4.79 Å². The van der Waals surface area contributed by atoms with E-state index in [0.717, 1.165) is 15.2 Å². The molecule has 0 saturated heterocycles. The van der Waals surface area contributed by atoms with E-state index in [1.807, 2.05) is 45.0 Å². The average molecular weight is 311 g/mol. The highest BCUT2D eigenvalue weighted by Gasteiger charge is 2.20. The summed E-state index contributed by atoms with van der Waals surface area (Å²) in [4.78, 5) is 21.5. The molecule has 2 heterocycles. The van der Waals surface area contributed by atoms with Crippen LogP contribution < -0.4 is 5.32 Å². The Hall–Kier alpha value is -2.27. The number of carbonyl (C=O) groups excluding carboxylic acids is 1. The maximum atomic E-state index is 12.5. The van der Waals surface area contributed by atoms with Crippen molar-refractivity contribution in [2.45, 2.75) is 26.3 Å². The van der Waals surface area contributed by atoms with Gasteiger partial charge in [-0.15, -0.1) is 11.3 Å². The van der Waals surface area contributed by atoms with Gasteiger partial charge in [0.2, 0.25) is 0 Å². The van der Waals surface area contributed by atoms with Crippen LogP contribution in [0.2, 0.25) is 0 Å². The van der Waals surface area contributed by atoms with E-state index in [1.54, 1.807) is 29.7 Å². The second kappa shape index (κ2) is 5.50. The number of hydrogen-bond donors (Lipinski definition) is 1. The van der Waals surface area contributed by atoms with Crippen LogP contribution in [-0.2, 0) is 0 Å². The summed E-state index contributed by atoms with van der Waals surface area (Å²) in [6.45, 7) is 5.87. The molecule has 0 aliphatic carbocycles. The average Bonchev–Trinajstić information content (AvgIpc) is 2.89. The second-order valence-corrected chi connectivity index (χ2v) is 7.12. The van der Waals surface area contributed by atoms with E-state index in [1.165, 1.54) is 0 Å². The number of benzene rings is 1. The van der Waals surface area contributed by atoms with E-state index in [2.05, 4.69) is 15.3 Å². The molecule has 22 heavy (non-hydrogen) atoms. The SMILES string of the molecule is CC(C)(C)NC(=O)c1cccnc1-c1nc2ccccc2s1. The summed E-state index contributed by atoms with van der Waals surface area (Å²) in [6, 6.07) is 11.5. The predicted molar refractivity (Wildman–Crippen MR) is 90.1 cm³/mol. The smallest absolute Gasteiger partial charge is 0.253 e. The van der Waals surface area contributed by atoms with Gasteiger partial charge in [-0.1, -0.05) is 12.1 Å². The molecule has 0 saturated carbocycles. The molecule has 112 valence electrons. The molecule has 0 unspecified atom stereocenters. The number of rotatable bonds is 2. The lowest BCUT2D eigenvalue weighted by molar-refractivity contribution is 0.0920. The summed E-state index contributed by atoms with van der Waals surface area (Å²) in [5.41, 5.74) is 1.81. The molecule has 0 fully saturated rings. The summed E-state index contributed by atoms with van der Waals surface area (Å²) >= 11 is 1.55. The Morgan fingerprint density at radius 2 is 1.91 bits per heavy atom. The van der Waals surface area contributed by atoms with E-state index < -0.39 is 0 Å². The van der Waals surface area contributed by atoms with Crippen molar-refractivity contribution in [3.63, 3.8) is 0 Å². The zero-order valence-corrected chi connectivity index (χ0v) is 13.6. The minimum atomic E-state index is -0.294. The third-order valence-electron chi connectivity index (χ3n) is 3.04. The molecule has 0 aliphatic heterocycles. The third kappa shape index (κ3) is 2.99. The molecule has 0 atom stereocenters. The molecular weight excluding hydrogens is 294 g/mol. The van der Waals surface area contributed by atoms with Gasteiger partial charge in [-0.05, 0) is 45.0 Å². The molecule has 0 radical (unpaired) electrons. The van der Waals surface area contributed by atoms with Gasteiger partial charge in [-0.25, -0.2) is 4.98 Å². The van der Waals surface area contributed by atoms with Gasteiger partial charge < -0.3 is 5.32 Å². The number of fused-ring (bicyclic) bond motifs is 1. The number of aromatic nitrogens is 2. The first-order valence-corrected chi connectivity index (χ1v) is 7.89. The number of pyridine rings is 1. The molecule has 3 rings (SSSR count). The van der Waals surface area contributed by atoms with Crippen molar-refractivity contribution in [1.29, 1.82) is 0 Å². The fraction of sp³-hybridized carbons (Fsp3) is 0.235. The molecule has 0 bridgehead atoms. The Bertz CT molecular complexity index is 800. The minimum Gasteiger partial charge on any atom is -0.347 e. The van der Waals surface area contributed by atoms with E-state index in [0.29, 0.717) is 11.3 Å². The standard InChI is InChI=1S/C17H17N3OS/c1-17(2,3)20-15(21)11-7-6-10-18-14(11)16-19-12-8-4-5-9-13(12)22-16/h4-10H,1-3H3,(H,20,21). The largest absolute Gasteiger partial charge is 0.347 e. The summed E-state index contributed by atoms with van der Waals surface area (Å²) in [5.74, 6) is -0.130. The summed E-state index contributed by atoms with van der Waals surface area (Å²) in [7, 11) is 0. The van der Waals surface area contributed by atoms with Crippen molar-refractivity contribution in [2.24, 2.45) is 0 Å². The summed E-state index contributed by atoms with van der Waals surface area (Å²) in [6.07, 6.45) is 1.69. The fourth-order valence-corrected chi connectivity index (χ4v) is 3.12. The predicted octanol–water partition coefficient (Wildman–Crippen LogP) is 3.89. The van der Waals surface area contributed by atoms with Crippen LogP contribution in [0.3, 0.4) is 0 Å². The number of thiazole rings is 1. The van der Waals surface area contributed by atoms with E-state index >= 15 is 0 Å². The highest BCUT2D eigenvalue weighted by Crippen LogP contribution is 2.30. The number of amides is 1. The normalized spacial score (nSPS) is 11.6. The van der Waals surface area contributed by atoms with Gasteiger partial charge >= 0.3 is 0 Å². The maximum Gasteiger partial charge on any atom is 0.253 e. The molecule has 3 aromatic rings. The van der Waals surface area contributed by atoms with Crippen molar-refractivity contribution in [1.82, 2.24) is 15.3 Å². The first-order chi connectivity index (χ1) is 10.4. The number of para-hydroxylation sites is 1. The number of nitrogens with zero attached hydrogens (tertiary/aromatic N) is 2. The van der Waals surface area contributed by atoms with Crippen LogP contribution in [0.25, 0.3) is 20.9 Å². The number of hydrogen-bond acceptors (Lipinski definition) is 4. The highest BCUT2D eigenvalue weighted by atomic mass is 32.1. The molecular formula is C17H17N3OS. The molecule has 1 aromatic carbocycles.